The predicted octanol–water partition coefficient (Wildman–Crippen LogP) is 5.63. The lowest BCUT2D eigenvalue weighted by atomic mass is 10.0. The van der Waals surface area contributed by atoms with Crippen LogP contribution in [0, 0.1) is 0 Å². The normalized spacial score (nSPS) is 16.2. The molecule has 1 atom stereocenters. The van der Waals surface area contributed by atoms with Gasteiger partial charge < -0.3 is 14.6 Å². The minimum atomic E-state index is -4.93. The van der Waals surface area contributed by atoms with Crippen LogP contribution in [0.2, 0.25) is 15.2 Å². The van der Waals surface area contributed by atoms with E-state index < -0.39 is 23.8 Å². The lowest BCUT2D eigenvalue weighted by Gasteiger charge is -2.27. The summed E-state index contributed by atoms with van der Waals surface area (Å²) in [5.74, 6) is -2.12. The van der Waals surface area contributed by atoms with Crippen molar-refractivity contribution in [3.8, 4) is 17.4 Å². The van der Waals surface area contributed by atoms with Gasteiger partial charge in [-0.25, -0.2) is 9.78 Å². The number of hydrogen-bond acceptors (Lipinski definition) is 4. The highest BCUT2D eigenvalue weighted by Gasteiger charge is 2.48. The Morgan fingerprint density at radius 3 is 2.48 bits per heavy atom. The number of rotatable bonds is 3. The molecule has 3 rings (SSSR count). The van der Waals surface area contributed by atoms with Gasteiger partial charge in [0.15, 0.2) is 5.75 Å². The van der Waals surface area contributed by atoms with Gasteiger partial charge in [0.2, 0.25) is 12.0 Å². The van der Waals surface area contributed by atoms with Gasteiger partial charge in [-0.05, 0) is 18.2 Å². The Morgan fingerprint density at radius 1 is 1.19 bits per heavy atom. The van der Waals surface area contributed by atoms with Crippen LogP contribution in [0.3, 0.4) is 0 Å². The number of hydrogen-bond donors (Lipinski definition) is 1. The smallest absolute Gasteiger partial charge is 0.430 e. The average Bonchev–Trinajstić information content (AvgIpc) is 2.52. The van der Waals surface area contributed by atoms with Crippen LogP contribution in [0.1, 0.15) is 5.56 Å². The van der Waals surface area contributed by atoms with Gasteiger partial charge in [0, 0.05) is 22.7 Å². The summed E-state index contributed by atoms with van der Waals surface area (Å²) in [6.07, 6.45) is -6.70. The Bertz CT molecular complexity index is 942. The van der Waals surface area contributed by atoms with Crippen molar-refractivity contribution in [2.75, 3.05) is 0 Å². The van der Waals surface area contributed by atoms with Crippen molar-refractivity contribution in [3.63, 3.8) is 0 Å². The number of carboxylic acids is 1. The first kappa shape index (κ1) is 19.6. The Morgan fingerprint density at radius 2 is 1.89 bits per heavy atom. The van der Waals surface area contributed by atoms with Crippen LogP contribution in [-0.2, 0) is 4.79 Å². The second-order valence-electron chi connectivity index (χ2n) is 5.31. The molecule has 0 radical (unpaired) electrons. The maximum atomic E-state index is 13.1. The van der Waals surface area contributed by atoms with Gasteiger partial charge in [-0.1, -0.05) is 34.8 Å². The van der Waals surface area contributed by atoms with Gasteiger partial charge in [0.05, 0.1) is 10.6 Å². The number of benzene rings is 1. The van der Waals surface area contributed by atoms with Gasteiger partial charge in [0.1, 0.15) is 10.9 Å². The Balaban J connectivity index is 2.02. The number of nitrogens with zero attached hydrogens (tertiary/aromatic N) is 1. The minimum Gasteiger partial charge on any atom is -0.478 e. The zero-order chi connectivity index (χ0) is 19.9. The molecule has 11 heteroatoms. The van der Waals surface area contributed by atoms with E-state index in [1.54, 1.807) is 0 Å². The number of ether oxygens (including phenoxy) is 2. The van der Waals surface area contributed by atoms with E-state index in [2.05, 4.69) is 4.98 Å². The summed E-state index contributed by atoms with van der Waals surface area (Å²) < 4.78 is 49.7. The number of halogens is 6. The molecule has 0 saturated heterocycles. The van der Waals surface area contributed by atoms with Crippen LogP contribution in [0.25, 0.3) is 6.08 Å². The number of aliphatic carboxylic acids is 1. The summed E-state index contributed by atoms with van der Waals surface area (Å²) in [6.45, 7) is 0. The molecule has 142 valence electrons. The third kappa shape index (κ3) is 4.23. The topological polar surface area (TPSA) is 68.7 Å². The predicted molar refractivity (Wildman–Crippen MR) is 91.9 cm³/mol. The number of carbonyl (C=O) groups is 1. The molecule has 0 bridgehead atoms. The van der Waals surface area contributed by atoms with Crippen molar-refractivity contribution in [1.82, 2.24) is 4.98 Å². The molecule has 1 aromatic carbocycles. The van der Waals surface area contributed by atoms with E-state index >= 15 is 0 Å². The van der Waals surface area contributed by atoms with Crippen LogP contribution in [0.5, 0.6) is 17.4 Å². The highest BCUT2D eigenvalue weighted by molar-refractivity contribution is 6.34. The molecule has 2 heterocycles. The van der Waals surface area contributed by atoms with E-state index in [1.807, 2.05) is 0 Å². The van der Waals surface area contributed by atoms with Crippen LogP contribution >= 0.6 is 34.8 Å². The average molecular weight is 441 g/mol. The summed E-state index contributed by atoms with van der Waals surface area (Å²) in [4.78, 5) is 15.0. The molecule has 0 spiro atoms. The Kier molecular flexibility index (Phi) is 5.16. The van der Waals surface area contributed by atoms with E-state index in [4.69, 9.17) is 49.4 Å². The van der Waals surface area contributed by atoms with E-state index in [-0.39, 0.29) is 38.1 Å². The van der Waals surface area contributed by atoms with Gasteiger partial charge in [-0.2, -0.15) is 13.2 Å². The highest BCUT2D eigenvalue weighted by Crippen LogP contribution is 2.42. The summed E-state index contributed by atoms with van der Waals surface area (Å²) >= 11 is 17.7. The molecule has 1 aliphatic heterocycles. The van der Waals surface area contributed by atoms with Crippen LogP contribution in [0.4, 0.5) is 13.2 Å². The second-order valence-corrected chi connectivity index (χ2v) is 6.54. The Labute approximate surface area is 164 Å². The molecule has 2 aromatic rings. The Hall–Kier alpha value is -2.16. The zero-order valence-electron chi connectivity index (χ0n) is 12.9. The van der Waals surface area contributed by atoms with Crippen molar-refractivity contribution in [3.05, 3.63) is 50.6 Å². The SMILES string of the molecule is O=C(O)C1=Cc2cc(Cl)c(Oc3cc(Cl)cc(Cl)n3)cc2OC1C(F)(F)F. The molecule has 0 amide bonds. The highest BCUT2D eigenvalue weighted by atomic mass is 35.5. The third-order valence-corrected chi connectivity index (χ3v) is 4.10. The first-order chi connectivity index (χ1) is 12.5. The lowest BCUT2D eigenvalue weighted by molar-refractivity contribution is -0.187. The second kappa shape index (κ2) is 7.10. The summed E-state index contributed by atoms with van der Waals surface area (Å²) in [6, 6.07) is 5.00. The molecule has 27 heavy (non-hydrogen) atoms. The molecule has 1 N–H and O–H groups in total. The fraction of sp³-hybridized carbons (Fsp3) is 0.125. The summed E-state index contributed by atoms with van der Waals surface area (Å²) in [5, 5.41) is 9.28. The van der Waals surface area contributed by atoms with Gasteiger partial charge in [-0.3, -0.25) is 0 Å². The number of aromatic nitrogens is 1. The summed E-state index contributed by atoms with van der Waals surface area (Å²) in [7, 11) is 0. The fourth-order valence-electron chi connectivity index (χ4n) is 2.30. The quantitative estimate of drug-likeness (QED) is 0.627. The lowest BCUT2D eigenvalue weighted by Crippen LogP contribution is -2.40. The maximum absolute atomic E-state index is 13.1. The standard InChI is InChI=1S/C16H7Cl3F3NO4/c17-7-3-12(19)23-13(4-7)26-11-5-10-6(2-9(11)18)1-8(15(24)25)14(27-10)16(20,21)22/h1-5,14H,(H,24,25). The number of fused-ring (bicyclic) bond motifs is 1. The molecular formula is C16H7Cl3F3NO4. The maximum Gasteiger partial charge on any atom is 0.430 e. The van der Waals surface area contributed by atoms with Crippen molar-refractivity contribution >= 4 is 46.8 Å². The number of alkyl halides is 3. The molecule has 0 aliphatic carbocycles. The molecule has 1 aliphatic rings. The van der Waals surface area contributed by atoms with Crippen molar-refractivity contribution < 1.29 is 32.5 Å². The van der Waals surface area contributed by atoms with E-state index in [9.17, 15) is 18.0 Å². The first-order valence-electron chi connectivity index (χ1n) is 7.07. The minimum absolute atomic E-state index is 0.0123. The summed E-state index contributed by atoms with van der Waals surface area (Å²) in [5.41, 5.74) is -0.898. The molecule has 1 unspecified atom stereocenters. The largest absolute Gasteiger partial charge is 0.478 e. The van der Waals surface area contributed by atoms with E-state index in [1.165, 1.54) is 18.2 Å². The molecular weight excluding hydrogens is 434 g/mol. The molecule has 1 aromatic heterocycles. The number of pyridine rings is 1. The molecule has 0 saturated carbocycles. The van der Waals surface area contributed by atoms with Crippen LogP contribution in [-0.4, -0.2) is 28.3 Å². The van der Waals surface area contributed by atoms with Crippen molar-refractivity contribution in [1.29, 1.82) is 0 Å². The van der Waals surface area contributed by atoms with E-state index in [0.29, 0.717) is 0 Å². The number of carboxylic acid groups (broad SMARTS) is 1. The third-order valence-electron chi connectivity index (χ3n) is 3.40. The zero-order valence-corrected chi connectivity index (χ0v) is 15.1. The molecule has 0 fully saturated rings. The van der Waals surface area contributed by atoms with Crippen LogP contribution < -0.4 is 9.47 Å². The van der Waals surface area contributed by atoms with Crippen molar-refractivity contribution in [2.45, 2.75) is 12.3 Å². The van der Waals surface area contributed by atoms with E-state index in [0.717, 1.165) is 12.1 Å². The first-order valence-corrected chi connectivity index (χ1v) is 8.20. The van der Waals surface area contributed by atoms with Gasteiger partial charge in [0.25, 0.3) is 0 Å². The van der Waals surface area contributed by atoms with Gasteiger partial charge in [-0.15, -0.1) is 0 Å². The fourth-order valence-corrected chi connectivity index (χ4v) is 2.97. The molecule has 5 nitrogen and oxygen atoms in total. The van der Waals surface area contributed by atoms with Crippen molar-refractivity contribution in [2.24, 2.45) is 0 Å². The van der Waals surface area contributed by atoms with Gasteiger partial charge >= 0.3 is 12.1 Å². The van der Waals surface area contributed by atoms with Crippen LogP contribution in [0.15, 0.2) is 29.8 Å². The monoisotopic (exact) mass is 439 g/mol.